The molecule has 0 amide bonds. The molecule has 1 aliphatic carbocycles. The van der Waals surface area contributed by atoms with Crippen LogP contribution in [0.5, 0.6) is 11.5 Å². The van der Waals surface area contributed by atoms with Crippen molar-refractivity contribution >= 4 is 5.78 Å². The summed E-state index contributed by atoms with van der Waals surface area (Å²) in [5.74, 6) is -0.128. The molecule has 4 heteroatoms. The number of Topliss-reactive ketones (excluding diaryl/α,β-unsaturated/α-hetero) is 1. The second kappa shape index (κ2) is 5.43. The molecule has 0 radical (unpaired) electrons. The molecule has 1 atom stereocenters. The average molecular weight is 280 g/mol. The highest BCUT2D eigenvalue weighted by molar-refractivity contribution is 5.99. The summed E-state index contributed by atoms with van der Waals surface area (Å²) in [6, 6.07) is 2.67. The average Bonchev–Trinajstić information content (AvgIpc) is 2.77. The number of ether oxygens (including phenoxy) is 2. The van der Waals surface area contributed by atoms with E-state index < -0.39 is 5.82 Å². The fraction of sp³-hybridized carbons (Fsp3) is 0.562. The van der Waals surface area contributed by atoms with Crippen LogP contribution in [-0.4, -0.2) is 20.0 Å². The van der Waals surface area contributed by atoms with E-state index in [9.17, 15) is 9.18 Å². The lowest BCUT2D eigenvalue weighted by Gasteiger charge is -2.26. The smallest absolute Gasteiger partial charge is 0.169 e. The Balaban J connectivity index is 2.40. The molecule has 1 aliphatic rings. The zero-order valence-electron chi connectivity index (χ0n) is 12.5. The minimum atomic E-state index is -0.546. The van der Waals surface area contributed by atoms with Crippen LogP contribution in [-0.2, 0) is 0 Å². The van der Waals surface area contributed by atoms with Crippen molar-refractivity contribution in [3.63, 3.8) is 0 Å². The number of carbonyl (C=O) groups is 1. The highest BCUT2D eigenvalue weighted by atomic mass is 19.1. The van der Waals surface area contributed by atoms with E-state index in [-0.39, 0.29) is 22.7 Å². The van der Waals surface area contributed by atoms with Gasteiger partial charge in [0.15, 0.2) is 17.3 Å². The SMILES string of the molecule is COc1cc(F)c(C(=O)C2CCCC2(C)C)cc1OC. The van der Waals surface area contributed by atoms with Crippen molar-refractivity contribution in [2.75, 3.05) is 14.2 Å². The summed E-state index contributed by atoms with van der Waals surface area (Å²) in [5.41, 5.74) is 0.0269. The summed E-state index contributed by atoms with van der Waals surface area (Å²) in [6.07, 6.45) is 2.83. The standard InChI is InChI=1S/C16H21FO3/c1-16(2)7-5-6-11(16)15(18)10-8-13(19-3)14(20-4)9-12(10)17/h8-9,11H,5-7H2,1-4H3. The molecule has 3 nitrogen and oxygen atoms in total. The molecule has 110 valence electrons. The number of ketones is 1. The number of hydrogen-bond acceptors (Lipinski definition) is 3. The van der Waals surface area contributed by atoms with E-state index in [2.05, 4.69) is 13.8 Å². The molecule has 0 aromatic heterocycles. The van der Waals surface area contributed by atoms with Gasteiger partial charge >= 0.3 is 0 Å². The maximum absolute atomic E-state index is 14.2. The van der Waals surface area contributed by atoms with E-state index in [4.69, 9.17) is 9.47 Å². The Hall–Kier alpha value is -1.58. The van der Waals surface area contributed by atoms with Crippen LogP contribution in [0.15, 0.2) is 12.1 Å². The third-order valence-corrected chi connectivity index (χ3v) is 4.31. The van der Waals surface area contributed by atoms with Gasteiger partial charge in [-0.25, -0.2) is 4.39 Å². The lowest BCUT2D eigenvalue weighted by molar-refractivity contribution is 0.0834. The normalized spacial score (nSPS) is 20.8. The van der Waals surface area contributed by atoms with Crippen molar-refractivity contribution in [2.45, 2.75) is 33.1 Å². The van der Waals surface area contributed by atoms with Crippen molar-refractivity contribution in [2.24, 2.45) is 11.3 Å². The molecule has 1 aromatic carbocycles. The van der Waals surface area contributed by atoms with Gasteiger partial charge in [0, 0.05) is 12.0 Å². The maximum atomic E-state index is 14.2. The van der Waals surface area contributed by atoms with Crippen LogP contribution >= 0.6 is 0 Å². The van der Waals surface area contributed by atoms with Gasteiger partial charge in [0.1, 0.15) is 5.82 Å². The van der Waals surface area contributed by atoms with Crippen LogP contribution < -0.4 is 9.47 Å². The van der Waals surface area contributed by atoms with Crippen LogP contribution in [0.4, 0.5) is 4.39 Å². The van der Waals surface area contributed by atoms with Gasteiger partial charge in [-0.2, -0.15) is 0 Å². The van der Waals surface area contributed by atoms with Gasteiger partial charge in [0.2, 0.25) is 0 Å². The first-order valence-corrected chi connectivity index (χ1v) is 6.86. The first-order valence-electron chi connectivity index (χ1n) is 6.86. The summed E-state index contributed by atoms with van der Waals surface area (Å²) in [4.78, 5) is 12.6. The Kier molecular flexibility index (Phi) is 4.02. The lowest BCUT2D eigenvalue weighted by atomic mass is 9.77. The maximum Gasteiger partial charge on any atom is 0.169 e. The number of halogens is 1. The summed E-state index contributed by atoms with van der Waals surface area (Å²) in [6.45, 7) is 4.14. The van der Waals surface area contributed by atoms with Crippen LogP contribution in [0.1, 0.15) is 43.5 Å². The Morgan fingerprint density at radius 3 is 2.35 bits per heavy atom. The van der Waals surface area contributed by atoms with Gasteiger partial charge in [-0.3, -0.25) is 4.79 Å². The fourth-order valence-electron chi connectivity index (χ4n) is 3.04. The molecule has 0 heterocycles. The molecule has 0 bridgehead atoms. The lowest BCUT2D eigenvalue weighted by Crippen LogP contribution is -2.26. The Labute approximate surface area is 119 Å². The molecule has 0 spiro atoms. The molecule has 0 N–H and O–H groups in total. The van der Waals surface area contributed by atoms with Gasteiger partial charge in [0.25, 0.3) is 0 Å². The van der Waals surface area contributed by atoms with Gasteiger partial charge in [-0.1, -0.05) is 20.3 Å². The fourth-order valence-corrected chi connectivity index (χ4v) is 3.04. The number of rotatable bonds is 4. The van der Waals surface area contributed by atoms with Crippen molar-refractivity contribution in [1.29, 1.82) is 0 Å². The molecule has 2 rings (SSSR count). The topological polar surface area (TPSA) is 35.5 Å². The van der Waals surface area contributed by atoms with E-state index in [1.165, 1.54) is 26.4 Å². The number of hydrogen-bond donors (Lipinski definition) is 0. The van der Waals surface area contributed by atoms with Crippen molar-refractivity contribution in [3.8, 4) is 11.5 Å². The summed E-state index contributed by atoms with van der Waals surface area (Å²) in [7, 11) is 2.92. The van der Waals surface area contributed by atoms with Crippen LogP contribution in [0.3, 0.4) is 0 Å². The molecule has 20 heavy (non-hydrogen) atoms. The van der Waals surface area contributed by atoms with Crippen molar-refractivity contribution in [3.05, 3.63) is 23.5 Å². The largest absolute Gasteiger partial charge is 0.493 e. The Morgan fingerprint density at radius 2 is 1.85 bits per heavy atom. The van der Waals surface area contributed by atoms with E-state index >= 15 is 0 Å². The van der Waals surface area contributed by atoms with Gasteiger partial charge in [0.05, 0.1) is 19.8 Å². The number of carbonyl (C=O) groups excluding carboxylic acids is 1. The van der Waals surface area contributed by atoms with E-state index in [1.807, 2.05) is 0 Å². The number of methoxy groups -OCH3 is 2. The molecule has 1 saturated carbocycles. The third kappa shape index (κ3) is 2.51. The molecular weight excluding hydrogens is 259 g/mol. The molecule has 1 aromatic rings. The summed E-state index contributed by atoms with van der Waals surface area (Å²) >= 11 is 0. The third-order valence-electron chi connectivity index (χ3n) is 4.31. The predicted octanol–water partition coefficient (Wildman–Crippen LogP) is 3.85. The quantitative estimate of drug-likeness (QED) is 0.786. The second-order valence-corrected chi connectivity index (χ2v) is 5.98. The zero-order chi connectivity index (χ0) is 14.9. The minimum Gasteiger partial charge on any atom is -0.493 e. The van der Waals surface area contributed by atoms with Gasteiger partial charge in [-0.15, -0.1) is 0 Å². The van der Waals surface area contributed by atoms with Crippen LogP contribution in [0.25, 0.3) is 0 Å². The van der Waals surface area contributed by atoms with Crippen molar-refractivity contribution in [1.82, 2.24) is 0 Å². The second-order valence-electron chi connectivity index (χ2n) is 5.98. The zero-order valence-corrected chi connectivity index (χ0v) is 12.5. The van der Waals surface area contributed by atoms with Gasteiger partial charge in [-0.05, 0) is 24.3 Å². The van der Waals surface area contributed by atoms with E-state index in [0.29, 0.717) is 11.5 Å². The summed E-state index contributed by atoms with van der Waals surface area (Å²) < 4.78 is 24.3. The molecular formula is C16H21FO3. The highest BCUT2D eigenvalue weighted by Gasteiger charge is 2.40. The Morgan fingerprint density at radius 1 is 1.25 bits per heavy atom. The molecule has 1 unspecified atom stereocenters. The highest BCUT2D eigenvalue weighted by Crippen LogP contribution is 2.45. The first kappa shape index (κ1) is 14.8. The minimum absolute atomic E-state index is 0.0727. The Bertz CT molecular complexity index is 523. The molecule has 0 saturated heterocycles. The van der Waals surface area contributed by atoms with E-state index in [1.54, 1.807) is 0 Å². The van der Waals surface area contributed by atoms with Crippen molar-refractivity contribution < 1.29 is 18.7 Å². The van der Waals surface area contributed by atoms with E-state index in [0.717, 1.165) is 19.3 Å². The molecule has 0 aliphatic heterocycles. The monoisotopic (exact) mass is 280 g/mol. The molecule has 1 fully saturated rings. The van der Waals surface area contributed by atoms with Gasteiger partial charge < -0.3 is 9.47 Å². The van der Waals surface area contributed by atoms with Crippen LogP contribution in [0.2, 0.25) is 0 Å². The summed E-state index contributed by atoms with van der Waals surface area (Å²) in [5, 5.41) is 0. The number of benzene rings is 1. The first-order chi connectivity index (χ1) is 9.40. The van der Waals surface area contributed by atoms with Crippen LogP contribution in [0, 0.1) is 17.2 Å². The predicted molar refractivity (Wildman–Crippen MR) is 75.0 cm³/mol.